The Hall–Kier alpha value is -1.87. The molecule has 2 unspecified atom stereocenters. The topological polar surface area (TPSA) is 43.4 Å². The van der Waals surface area contributed by atoms with E-state index in [1.807, 2.05) is 12.1 Å². The summed E-state index contributed by atoms with van der Waals surface area (Å²) in [6.45, 7) is 0. The van der Waals surface area contributed by atoms with Gasteiger partial charge in [-0.2, -0.15) is 0 Å². The number of aldehydes is 1. The predicted octanol–water partition coefficient (Wildman–Crippen LogP) is 4.03. The molecular formula is C18H17ClO3. The van der Waals surface area contributed by atoms with Crippen molar-refractivity contribution in [3.63, 3.8) is 0 Å². The quantitative estimate of drug-likeness (QED) is 0.624. The van der Waals surface area contributed by atoms with E-state index in [0.717, 1.165) is 29.7 Å². The van der Waals surface area contributed by atoms with Crippen LogP contribution in [0.2, 0.25) is 0 Å². The second-order valence-electron chi connectivity index (χ2n) is 5.79. The molecule has 0 saturated heterocycles. The van der Waals surface area contributed by atoms with Gasteiger partial charge in [0.15, 0.2) is 11.9 Å². The number of carbonyl (C=O) groups excluding carboxylic acids is 2. The highest BCUT2D eigenvalue weighted by atomic mass is 35.5. The number of allylic oxidation sites excluding steroid dienone is 3. The van der Waals surface area contributed by atoms with Gasteiger partial charge in [-0.05, 0) is 55.4 Å². The summed E-state index contributed by atoms with van der Waals surface area (Å²) in [7, 11) is 0. The van der Waals surface area contributed by atoms with E-state index >= 15 is 0 Å². The second-order valence-corrected chi connectivity index (χ2v) is 6.28. The zero-order valence-corrected chi connectivity index (χ0v) is 12.9. The van der Waals surface area contributed by atoms with Crippen molar-refractivity contribution in [1.82, 2.24) is 0 Å². The fourth-order valence-electron chi connectivity index (χ4n) is 3.29. The van der Waals surface area contributed by atoms with E-state index in [9.17, 15) is 9.59 Å². The van der Waals surface area contributed by atoms with Crippen molar-refractivity contribution >= 4 is 23.9 Å². The molecule has 22 heavy (non-hydrogen) atoms. The van der Waals surface area contributed by atoms with E-state index in [2.05, 4.69) is 0 Å². The molecule has 3 rings (SSSR count). The lowest BCUT2D eigenvalue weighted by atomic mass is 9.71. The van der Waals surface area contributed by atoms with Crippen molar-refractivity contribution in [2.75, 3.05) is 0 Å². The molecule has 0 spiro atoms. The minimum atomic E-state index is -1.15. The molecule has 0 bridgehead atoms. The average Bonchev–Trinajstić information content (AvgIpc) is 2.55. The van der Waals surface area contributed by atoms with Gasteiger partial charge in [-0.25, -0.2) is 4.79 Å². The van der Waals surface area contributed by atoms with Gasteiger partial charge in [0.25, 0.3) is 0 Å². The van der Waals surface area contributed by atoms with Crippen molar-refractivity contribution in [2.45, 2.75) is 31.3 Å². The summed E-state index contributed by atoms with van der Waals surface area (Å²) in [6, 6.07) is 8.76. The molecule has 0 radical (unpaired) electrons. The molecule has 4 heteroatoms. The highest BCUT2D eigenvalue weighted by Crippen LogP contribution is 2.44. The normalized spacial score (nSPS) is 27.2. The standard InChI is InChI=1S/C18H17ClO3/c19-15-8-9-16-14(11-15)7-4-10-18(16,12-20)22-17(21)13-5-2-1-3-6-13/h1-3,5-6,8-9,12,14H,4,7,10-11H2. The first kappa shape index (κ1) is 15.0. The van der Waals surface area contributed by atoms with Crippen LogP contribution in [0, 0.1) is 5.92 Å². The number of hydrogen-bond acceptors (Lipinski definition) is 3. The van der Waals surface area contributed by atoms with Crippen LogP contribution in [0.15, 0.2) is 53.1 Å². The van der Waals surface area contributed by atoms with E-state index < -0.39 is 11.6 Å². The Bertz CT molecular complexity index is 648. The van der Waals surface area contributed by atoms with Gasteiger partial charge in [-0.1, -0.05) is 35.9 Å². The van der Waals surface area contributed by atoms with Crippen molar-refractivity contribution in [1.29, 1.82) is 0 Å². The van der Waals surface area contributed by atoms with E-state index in [1.165, 1.54) is 0 Å². The summed E-state index contributed by atoms with van der Waals surface area (Å²) in [5, 5.41) is 0.782. The lowest BCUT2D eigenvalue weighted by molar-refractivity contribution is -0.124. The molecule has 0 aromatic heterocycles. The number of hydrogen-bond donors (Lipinski definition) is 0. The van der Waals surface area contributed by atoms with E-state index in [4.69, 9.17) is 16.3 Å². The Morgan fingerprint density at radius 1 is 1.27 bits per heavy atom. The number of fused-ring (bicyclic) bond motifs is 1. The maximum atomic E-state index is 12.4. The van der Waals surface area contributed by atoms with Crippen LogP contribution in [-0.4, -0.2) is 17.9 Å². The van der Waals surface area contributed by atoms with Crippen LogP contribution in [0.3, 0.4) is 0 Å². The fraction of sp³-hybridized carbons (Fsp3) is 0.333. The van der Waals surface area contributed by atoms with Crippen molar-refractivity contribution < 1.29 is 14.3 Å². The maximum absolute atomic E-state index is 12.4. The minimum absolute atomic E-state index is 0.181. The third kappa shape index (κ3) is 2.73. The molecule has 1 aromatic carbocycles. The summed E-state index contributed by atoms with van der Waals surface area (Å²) >= 11 is 6.09. The summed E-state index contributed by atoms with van der Waals surface area (Å²) in [6.07, 6.45) is 7.48. The number of carbonyl (C=O) groups is 2. The number of halogens is 1. The molecule has 3 nitrogen and oxygen atoms in total. The van der Waals surface area contributed by atoms with Crippen molar-refractivity contribution in [3.8, 4) is 0 Å². The van der Waals surface area contributed by atoms with Gasteiger partial charge in [0.1, 0.15) is 0 Å². The van der Waals surface area contributed by atoms with Gasteiger partial charge < -0.3 is 4.74 Å². The molecule has 1 fully saturated rings. The molecule has 2 aliphatic carbocycles. The molecule has 0 aliphatic heterocycles. The van der Waals surface area contributed by atoms with Gasteiger partial charge in [0.05, 0.1) is 5.56 Å². The van der Waals surface area contributed by atoms with Gasteiger partial charge in [0.2, 0.25) is 0 Å². The van der Waals surface area contributed by atoms with Crippen molar-refractivity contribution in [2.24, 2.45) is 5.92 Å². The van der Waals surface area contributed by atoms with Crippen LogP contribution >= 0.6 is 11.6 Å². The highest BCUT2D eigenvalue weighted by Gasteiger charge is 2.45. The second kappa shape index (κ2) is 6.09. The molecule has 1 aromatic rings. The Morgan fingerprint density at radius 3 is 2.77 bits per heavy atom. The number of ether oxygens (including phenoxy) is 1. The number of rotatable bonds is 3. The molecule has 2 aliphatic rings. The van der Waals surface area contributed by atoms with Gasteiger partial charge in [-0.3, -0.25) is 4.79 Å². The third-order valence-corrected chi connectivity index (χ3v) is 4.67. The smallest absolute Gasteiger partial charge is 0.339 e. The lowest BCUT2D eigenvalue weighted by Crippen LogP contribution is -2.44. The Balaban J connectivity index is 1.91. The third-order valence-electron chi connectivity index (χ3n) is 4.39. The van der Waals surface area contributed by atoms with Crippen LogP contribution in [0.1, 0.15) is 36.0 Å². The number of benzene rings is 1. The Kier molecular flexibility index (Phi) is 4.16. The van der Waals surface area contributed by atoms with E-state index in [-0.39, 0.29) is 5.92 Å². The molecular weight excluding hydrogens is 300 g/mol. The number of esters is 1. The zero-order valence-electron chi connectivity index (χ0n) is 12.1. The highest BCUT2D eigenvalue weighted by molar-refractivity contribution is 6.29. The van der Waals surface area contributed by atoms with E-state index in [0.29, 0.717) is 18.4 Å². The van der Waals surface area contributed by atoms with Gasteiger partial charge in [-0.15, -0.1) is 0 Å². The monoisotopic (exact) mass is 316 g/mol. The zero-order chi connectivity index (χ0) is 15.6. The molecule has 0 heterocycles. The van der Waals surface area contributed by atoms with Crippen LogP contribution in [0.4, 0.5) is 0 Å². The molecule has 1 saturated carbocycles. The Morgan fingerprint density at radius 2 is 2.05 bits per heavy atom. The van der Waals surface area contributed by atoms with E-state index in [1.54, 1.807) is 30.3 Å². The summed E-state index contributed by atoms with van der Waals surface area (Å²) in [5.41, 5.74) is 0.183. The minimum Gasteiger partial charge on any atom is -0.443 e. The van der Waals surface area contributed by atoms with Crippen LogP contribution < -0.4 is 0 Å². The SMILES string of the molecule is O=CC1(OC(=O)c2ccccc2)CCCC2CC(Cl)=CC=C21. The average molecular weight is 317 g/mol. The van der Waals surface area contributed by atoms with Gasteiger partial charge in [0, 0.05) is 5.03 Å². The lowest BCUT2D eigenvalue weighted by Gasteiger charge is -2.40. The molecule has 0 amide bonds. The fourth-order valence-corrected chi connectivity index (χ4v) is 3.54. The Labute approximate surface area is 134 Å². The van der Waals surface area contributed by atoms with Gasteiger partial charge >= 0.3 is 5.97 Å². The first-order valence-electron chi connectivity index (χ1n) is 7.46. The summed E-state index contributed by atoms with van der Waals surface area (Å²) in [5.74, 6) is -0.282. The molecule has 114 valence electrons. The first-order valence-corrected chi connectivity index (χ1v) is 7.84. The first-order chi connectivity index (χ1) is 10.6. The van der Waals surface area contributed by atoms with Crippen LogP contribution in [0.5, 0.6) is 0 Å². The largest absolute Gasteiger partial charge is 0.443 e. The summed E-state index contributed by atoms with van der Waals surface area (Å²) in [4.78, 5) is 24.2. The molecule has 0 N–H and O–H groups in total. The predicted molar refractivity (Wildman–Crippen MR) is 84.6 cm³/mol. The van der Waals surface area contributed by atoms with Crippen molar-refractivity contribution in [3.05, 3.63) is 58.7 Å². The maximum Gasteiger partial charge on any atom is 0.339 e. The summed E-state index contributed by atoms with van der Waals surface area (Å²) < 4.78 is 5.67. The van der Waals surface area contributed by atoms with Crippen LogP contribution in [-0.2, 0) is 9.53 Å². The van der Waals surface area contributed by atoms with Crippen LogP contribution in [0.25, 0.3) is 0 Å². The molecule has 2 atom stereocenters.